The standard InChI is InChI=1S/C14H21NO/c1-2-4-14(12-7-8-16-10-12)11(3-1)9-15-13-5-6-13/h7-8,10-11,13-15H,1-6,9H2. The number of hydrogen-bond donors (Lipinski definition) is 1. The van der Waals surface area contributed by atoms with Gasteiger partial charge in [-0.05, 0) is 55.7 Å². The van der Waals surface area contributed by atoms with Gasteiger partial charge < -0.3 is 9.73 Å². The van der Waals surface area contributed by atoms with E-state index in [0.717, 1.165) is 17.9 Å². The number of rotatable bonds is 4. The van der Waals surface area contributed by atoms with Gasteiger partial charge in [0.2, 0.25) is 0 Å². The Balaban J connectivity index is 1.63. The highest BCUT2D eigenvalue weighted by molar-refractivity contribution is 5.14. The van der Waals surface area contributed by atoms with Gasteiger partial charge in [0, 0.05) is 6.04 Å². The fraction of sp³-hybridized carbons (Fsp3) is 0.714. The molecule has 2 aliphatic rings. The van der Waals surface area contributed by atoms with Gasteiger partial charge in [0.15, 0.2) is 0 Å². The monoisotopic (exact) mass is 219 g/mol. The third-order valence-corrected chi connectivity index (χ3v) is 4.13. The first-order valence-electron chi connectivity index (χ1n) is 6.69. The van der Waals surface area contributed by atoms with Crippen molar-refractivity contribution in [2.45, 2.75) is 50.5 Å². The van der Waals surface area contributed by atoms with E-state index in [1.807, 2.05) is 12.5 Å². The molecule has 2 heteroatoms. The van der Waals surface area contributed by atoms with Gasteiger partial charge in [0.25, 0.3) is 0 Å². The van der Waals surface area contributed by atoms with Crippen LogP contribution in [0.4, 0.5) is 0 Å². The Hall–Kier alpha value is -0.760. The maximum atomic E-state index is 5.23. The van der Waals surface area contributed by atoms with Crippen LogP contribution in [0.15, 0.2) is 23.0 Å². The maximum absolute atomic E-state index is 5.23. The molecule has 2 saturated carbocycles. The lowest BCUT2D eigenvalue weighted by Gasteiger charge is -2.31. The predicted octanol–water partition coefficient (Wildman–Crippen LogP) is 3.31. The predicted molar refractivity (Wildman–Crippen MR) is 64.4 cm³/mol. The summed E-state index contributed by atoms with van der Waals surface area (Å²) in [5, 5.41) is 3.69. The topological polar surface area (TPSA) is 25.2 Å². The first-order chi connectivity index (χ1) is 7.93. The lowest BCUT2D eigenvalue weighted by Crippen LogP contribution is -2.30. The van der Waals surface area contributed by atoms with E-state index < -0.39 is 0 Å². The molecule has 2 unspecified atom stereocenters. The molecule has 0 amide bonds. The van der Waals surface area contributed by atoms with Gasteiger partial charge >= 0.3 is 0 Å². The van der Waals surface area contributed by atoms with Crippen molar-refractivity contribution < 1.29 is 4.42 Å². The van der Waals surface area contributed by atoms with Crippen LogP contribution >= 0.6 is 0 Å². The van der Waals surface area contributed by atoms with E-state index in [4.69, 9.17) is 4.42 Å². The zero-order chi connectivity index (χ0) is 10.8. The van der Waals surface area contributed by atoms with Crippen LogP contribution in [-0.4, -0.2) is 12.6 Å². The van der Waals surface area contributed by atoms with E-state index in [9.17, 15) is 0 Å². The van der Waals surface area contributed by atoms with Crippen LogP contribution in [0.1, 0.15) is 50.0 Å². The molecule has 1 heterocycles. The van der Waals surface area contributed by atoms with Crippen LogP contribution in [0.5, 0.6) is 0 Å². The average Bonchev–Trinajstić information content (AvgIpc) is 3.00. The van der Waals surface area contributed by atoms with Crippen LogP contribution in [-0.2, 0) is 0 Å². The van der Waals surface area contributed by atoms with Crippen LogP contribution in [0.3, 0.4) is 0 Å². The molecule has 1 aromatic heterocycles. The zero-order valence-corrected chi connectivity index (χ0v) is 9.82. The second-order valence-electron chi connectivity index (χ2n) is 5.39. The summed E-state index contributed by atoms with van der Waals surface area (Å²) in [6.45, 7) is 1.21. The molecule has 0 spiro atoms. The lowest BCUT2D eigenvalue weighted by molar-refractivity contribution is 0.293. The third kappa shape index (κ3) is 2.32. The normalized spacial score (nSPS) is 30.5. The molecule has 1 aromatic rings. The van der Waals surface area contributed by atoms with E-state index in [1.165, 1.54) is 50.6 Å². The largest absolute Gasteiger partial charge is 0.472 e. The summed E-state index contributed by atoms with van der Waals surface area (Å²) in [7, 11) is 0. The molecular formula is C14H21NO. The van der Waals surface area contributed by atoms with Gasteiger partial charge in [-0.25, -0.2) is 0 Å². The van der Waals surface area contributed by atoms with E-state index in [-0.39, 0.29) is 0 Å². The highest BCUT2D eigenvalue weighted by atomic mass is 16.3. The van der Waals surface area contributed by atoms with Crippen molar-refractivity contribution in [1.82, 2.24) is 5.32 Å². The highest BCUT2D eigenvalue weighted by Gasteiger charge is 2.29. The van der Waals surface area contributed by atoms with Crippen molar-refractivity contribution in [2.24, 2.45) is 5.92 Å². The Labute approximate surface area is 97.4 Å². The molecule has 1 N–H and O–H groups in total. The zero-order valence-electron chi connectivity index (χ0n) is 9.82. The molecule has 0 radical (unpaired) electrons. The third-order valence-electron chi connectivity index (χ3n) is 4.13. The van der Waals surface area contributed by atoms with Crippen molar-refractivity contribution in [1.29, 1.82) is 0 Å². The molecule has 2 aliphatic carbocycles. The van der Waals surface area contributed by atoms with Crippen LogP contribution in [0.2, 0.25) is 0 Å². The summed E-state index contributed by atoms with van der Waals surface area (Å²) >= 11 is 0. The minimum absolute atomic E-state index is 0.735. The van der Waals surface area contributed by atoms with Gasteiger partial charge in [-0.3, -0.25) is 0 Å². The number of hydrogen-bond acceptors (Lipinski definition) is 2. The number of furan rings is 1. The summed E-state index contributed by atoms with van der Waals surface area (Å²) in [6.07, 6.45) is 12.1. The Morgan fingerprint density at radius 2 is 2.06 bits per heavy atom. The molecule has 0 saturated heterocycles. The Morgan fingerprint density at radius 1 is 1.19 bits per heavy atom. The van der Waals surface area contributed by atoms with Crippen molar-refractivity contribution in [2.75, 3.05) is 6.54 Å². The fourth-order valence-electron chi connectivity index (χ4n) is 2.98. The second kappa shape index (κ2) is 4.62. The Kier molecular flexibility index (Phi) is 3.00. The molecule has 0 aromatic carbocycles. The fourth-order valence-corrected chi connectivity index (χ4v) is 2.98. The molecule has 16 heavy (non-hydrogen) atoms. The molecular weight excluding hydrogens is 198 g/mol. The van der Waals surface area contributed by atoms with Crippen molar-refractivity contribution in [3.63, 3.8) is 0 Å². The smallest absolute Gasteiger partial charge is 0.0937 e. The molecule has 2 fully saturated rings. The van der Waals surface area contributed by atoms with Gasteiger partial charge in [0.1, 0.15) is 0 Å². The highest BCUT2D eigenvalue weighted by Crippen LogP contribution is 2.38. The Morgan fingerprint density at radius 3 is 2.81 bits per heavy atom. The van der Waals surface area contributed by atoms with E-state index in [2.05, 4.69) is 11.4 Å². The van der Waals surface area contributed by atoms with Crippen molar-refractivity contribution in [3.8, 4) is 0 Å². The minimum Gasteiger partial charge on any atom is -0.472 e. The summed E-state index contributed by atoms with van der Waals surface area (Å²) in [5.41, 5.74) is 1.42. The SMILES string of the molecule is c1cc(C2CCCCC2CNC2CC2)co1. The maximum Gasteiger partial charge on any atom is 0.0937 e. The molecule has 2 atom stereocenters. The summed E-state index contributed by atoms with van der Waals surface area (Å²) in [5.74, 6) is 1.56. The average molecular weight is 219 g/mol. The lowest BCUT2D eigenvalue weighted by atomic mass is 9.76. The van der Waals surface area contributed by atoms with Crippen molar-refractivity contribution >= 4 is 0 Å². The van der Waals surface area contributed by atoms with Crippen LogP contribution < -0.4 is 5.32 Å². The molecule has 88 valence electrons. The van der Waals surface area contributed by atoms with Crippen LogP contribution in [0, 0.1) is 5.92 Å². The van der Waals surface area contributed by atoms with E-state index >= 15 is 0 Å². The van der Waals surface area contributed by atoms with Crippen LogP contribution in [0.25, 0.3) is 0 Å². The first-order valence-corrected chi connectivity index (χ1v) is 6.69. The van der Waals surface area contributed by atoms with Gasteiger partial charge in [-0.15, -0.1) is 0 Å². The number of nitrogens with one attached hydrogen (secondary N) is 1. The minimum atomic E-state index is 0.735. The van der Waals surface area contributed by atoms with Gasteiger partial charge in [0.05, 0.1) is 12.5 Å². The van der Waals surface area contributed by atoms with E-state index in [0.29, 0.717) is 0 Å². The summed E-state index contributed by atoms with van der Waals surface area (Å²) in [4.78, 5) is 0. The van der Waals surface area contributed by atoms with Gasteiger partial charge in [-0.1, -0.05) is 12.8 Å². The first kappa shape index (κ1) is 10.4. The molecule has 3 rings (SSSR count). The quantitative estimate of drug-likeness (QED) is 0.840. The van der Waals surface area contributed by atoms with Gasteiger partial charge in [-0.2, -0.15) is 0 Å². The van der Waals surface area contributed by atoms with Crippen molar-refractivity contribution in [3.05, 3.63) is 24.2 Å². The van der Waals surface area contributed by atoms with E-state index in [1.54, 1.807) is 0 Å². The Bertz CT molecular complexity index is 315. The second-order valence-corrected chi connectivity index (χ2v) is 5.39. The summed E-state index contributed by atoms with van der Waals surface area (Å²) in [6, 6.07) is 2.99. The molecule has 0 bridgehead atoms. The summed E-state index contributed by atoms with van der Waals surface area (Å²) < 4.78 is 5.23. The molecule has 2 nitrogen and oxygen atoms in total. The molecule has 0 aliphatic heterocycles.